The van der Waals surface area contributed by atoms with Crippen molar-refractivity contribution >= 4 is 83.1 Å². The maximum absolute atomic E-state index is 6.19. The first-order valence-corrected chi connectivity index (χ1v) is 16.2. The van der Waals surface area contributed by atoms with Gasteiger partial charge in [0.25, 0.3) is 0 Å². The number of hydrogen-bond donors (Lipinski definition) is 0. The number of fused-ring (bicyclic) bond motifs is 15. The summed E-state index contributed by atoms with van der Waals surface area (Å²) in [7, 11) is 0. The Morgan fingerprint density at radius 2 is 1.02 bits per heavy atom. The summed E-state index contributed by atoms with van der Waals surface area (Å²) < 4.78 is 17.8. The zero-order chi connectivity index (χ0) is 31.1. The summed E-state index contributed by atoms with van der Waals surface area (Å²) in [6.45, 7) is 0. The van der Waals surface area contributed by atoms with E-state index in [9.17, 15) is 0 Å². The zero-order valence-corrected chi connectivity index (χ0v) is 25.4. The third-order valence-corrected chi connectivity index (χ3v) is 10.1. The number of imidazole rings is 3. The van der Waals surface area contributed by atoms with E-state index in [0.717, 1.165) is 61.4 Å². The van der Waals surface area contributed by atoms with Crippen LogP contribution in [-0.2, 0) is 0 Å². The predicted molar refractivity (Wildman–Crippen MR) is 193 cm³/mol. The van der Waals surface area contributed by atoms with Crippen LogP contribution in [0.4, 0.5) is 0 Å². The molecule has 0 radical (unpaired) electrons. The summed E-state index contributed by atoms with van der Waals surface area (Å²) in [5.74, 6) is 0.597. The van der Waals surface area contributed by atoms with E-state index in [1.807, 2.05) is 18.2 Å². The topological polar surface area (TPSA) is 49.1 Å². The first kappa shape index (κ1) is 24.5. The smallest absolute Gasteiger partial charge is 0.307 e. The third kappa shape index (κ3) is 2.92. The van der Waals surface area contributed by atoms with Crippen LogP contribution in [0.1, 0.15) is 0 Å². The van der Waals surface area contributed by atoms with E-state index in [4.69, 9.17) is 9.40 Å². The maximum Gasteiger partial charge on any atom is 0.307 e. The third-order valence-electron chi connectivity index (χ3n) is 10.1. The molecule has 48 heavy (non-hydrogen) atoms. The molecule has 0 aliphatic carbocycles. The lowest BCUT2D eigenvalue weighted by atomic mass is 10.2. The van der Waals surface area contributed by atoms with Gasteiger partial charge in [-0.15, -0.1) is 0 Å². The van der Waals surface area contributed by atoms with E-state index in [-0.39, 0.29) is 0 Å². The van der Waals surface area contributed by atoms with Crippen molar-refractivity contribution in [1.29, 1.82) is 0 Å². The molecule has 0 aliphatic rings. The minimum atomic E-state index is 0.597. The highest BCUT2D eigenvalue weighted by Gasteiger charge is 2.22. The van der Waals surface area contributed by atoms with Crippen LogP contribution in [0.25, 0.3) is 94.5 Å². The minimum absolute atomic E-state index is 0.597. The van der Waals surface area contributed by atoms with E-state index >= 15 is 0 Å². The van der Waals surface area contributed by atoms with Gasteiger partial charge in [-0.1, -0.05) is 66.7 Å². The summed E-state index contributed by atoms with van der Waals surface area (Å²) in [5, 5.41) is 2.41. The van der Waals surface area contributed by atoms with Gasteiger partial charge in [-0.25, -0.2) is 0 Å². The summed E-state index contributed by atoms with van der Waals surface area (Å²) in [6.07, 6.45) is 0. The fourth-order valence-corrected chi connectivity index (χ4v) is 8.12. The van der Waals surface area contributed by atoms with Gasteiger partial charge in [0.1, 0.15) is 16.8 Å². The van der Waals surface area contributed by atoms with Gasteiger partial charge in [0.05, 0.1) is 49.8 Å². The Kier molecular flexibility index (Phi) is 4.36. The predicted octanol–water partition coefficient (Wildman–Crippen LogP) is 9.93. The Morgan fingerprint density at radius 3 is 1.83 bits per heavy atom. The average Bonchev–Trinajstić information content (AvgIpc) is 3.95. The summed E-state index contributed by atoms with van der Waals surface area (Å²) in [4.78, 5) is 5.06. The number of hydrogen-bond acceptors (Lipinski definition) is 2. The van der Waals surface area contributed by atoms with Gasteiger partial charge in [-0.05, 0) is 78.9 Å². The molecular formula is C41H24N6O. The Balaban J connectivity index is 1.16. The van der Waals surface area contributed by atoms with Crippen molar-refractivity contribution in [2.75, 3.05) is 0 Å². The van der Waals surface area contributed by atoms with Crippen molar-refractivity contribution in [2.24, 2.45) is 0 Å². The molecule has 0 bridgehead atoms. The summed E-state index contributed by atoms with van der Waals surface area (Å²) >= 11 is 0. The number of aromatic nitrogens is 6. The molecule has 0 N–H and O–H groups in total. The molecule has 0 saturated heterocycles. The van der Waals surface area contributed by atoms with Gasteiger partial charge in [0.2, 0.25) is 0 Å². The molecule has 0 spiro atoms. The van der Waals surface area contributed by atoms with Crippen LogP contribution in [-0.4, -0.2) is 27.3 Å². The van der Waals surface area contributed by atoms with Crippen LogP contribution in [0.15, 0.2) is 150 Å². The Hall–Kier alpha value is -6.73. The Morgan fingerprint density at radius 1 is 0.417 bits per heavy atom. The molecule has 0 amide bonds. The molecule has 7 heteroatoms. The van der Waals surface area contributed by atoms with E-state index in [0.29, 0.717) is 5.84 Å². The van der Waals surface area contributed by atoms with E-state index in [1.165, 1.54) is 27.3 Å². The van der Waals surface area contributed by atoms with E-state index < -0.39 is 0 Å². The van der Waals surface area contributed by atoms with E-state index in [1.54, 1.807) is 0 Å². The molecule has 6 aromatic heterocycles. The fraction of sp³-hybridized carbons (Fsp3) is 0. The molecular weight excluding hydrogens is 592 g/mol. The van der Waals surface area contributed by atoms with Crippen LogP contribution in [0, 0.1) is 0 Å². The first-order valence-electron chi connectivity index (χ1n) is 16.2. The van der Waals surface area contributed by atoms with Crippen molar-refractivity contribution in [3.05, 3.63) is 146 Å². The second kappa shape index (κ2) is 8.54. The molecule has 7 nitrogen and oxygen atoms in total. The minimum Gasteiger partial charge on any atom is -0.423 e. The average molecular weight is 617 g/mol. The van der Waals surface area contributed by atoms with Gasteiger partial charge < -0.3 is 4.42 Å². The normalized spacial score (nSPS) is 12.6. The van der Waals surface area contributed by atoms with Gasteiger partial charge in [0.15, 0.2) is 5.58 Å². The standard InChI is InChI=1S/C41H24N6O/c1-2-11-28-25(10-1)22-38-43(29-12-3-4-13-30(29)44(28)38)27-21-20-26-23-39-45(31-14-5-6-15-32(31)46(39)36(26)24-27)34-17-9-18-35-40(34)42-41-47(35)33-16-7-8-19-37(33)48-41/h1-24H. The highest BCUT2D eigenvalue weighted by Crippen LogP contribution is 2.37. The van der Waals surface area contributed by atoms with Crippen LogP contribution < -0.4 is 0 Å². The number of benzene rings is 6. The second-order valence-corrected chi connectivity index (χ2v) is 12.6. The van der Waals surface area contributed by atoms with Crippen LogP contribution in [0.2, 0.25) is 0 Å². The SMILES string of the molecule is c1ccc2c(c1)cc1n(-c3ccc4cc5n(-c6cccc7c6nc6oc8ccccc8n67)c6ccccc6n5c4c3)c3ccccc3n21. The lowest BCUT2D eigenvalue weighted by molar-refractivity contribution is 0.643. The lowest BCUT2D eigenvalue weighted by Gasteiger charge is -2.07. The number of oxazole rings is 1. The Labute approximate surface area is 271 Å². The van der Waals surface area contributed by atoms with Gasteiger partial charge in [-0.3, -0.25) is 22.3 Å². The largest absolute Gasteiger partial charge is 0.423 e. The number of nitrogens with zero attached hydrogens (tertiary/aromatic N) is 6. The molecule has 224 valence electrons. The zero-order valence-electron chi connectivity index (χ0n) is 25.4. The monoisotopic (exact) mass is 616 g/mol. The van der Waals surface area contributed by atoms with Gasteiger partial charge in [0, 0.05) is 16.5 Å². The Bertz CT molecular complexity index is 3300. The van der Waals surface area contributed by atoms with E-state index in [2.05, 4.69) is 150 Å². The lowest BCUT2D eigenvalue weighted by Crippen LogP contribution is -1.95. The van der Waals surface area contributed by atoms with Crippen molar-refractivity contribution in [3.63, 3.8) is 0 Å². The highest BCUT2D eigenvalue weighted by atomic mass is 16.4. The molecule has 6 aromatic carbocycles. The molecule has 0 aliphatic heterocycles. The first-order chi connectivity index (χ1) is 23.8. The summed E-state index contributed by atoms with van der Waals surface area (Å²) in [6, 6.07) is 51.8. The van der Waals surface area contributed by atoms with Crippen LogP contribution in [0.5, 0.6) is 0 Å². The highest BCUT2D eigenvalue weighted by molar-refractivity contribution is 6.01. The van der Waals surface area contributed by atoms with Crippen LogP contribution in [0.3, 0.4) is 0 Å². The van der Waals surface area contributed by atoms with Crippen molar-refractivity contribution in [1.82, 2.24) is 27.3 Å². The molecule has 12 rings (SSSR count). The molecule has 12 aromatic rings. The second-order valence-electron chi connectivity index (χ2n) is 12.6. The molecule has 0 saturated carbocycles. The summed E-state index contributed by atoms with van der Waals surface area (Å²) in [5.41, 5.74) is 15.1. The van der Waals surface area contributed by atoms with Crippen LogP contribution >= 0.6 is 0 Å². The number of para-hydroxylation sites is 8. The molecule has 0 fully saturated rings. The molecule has 6 heterocycles. The quantitative estimate of drug-likeness (QED) is 0.194. The fourth-order valence-electron chi connectivity index (χ4n) is 8.12. The van der Waals surface area contributed by atoms with Gasteiger partial charge in [-0.2, -0.15) is 4.98 Å². The van der Waals surface area contributed by atoms with Crippen molar-refractivity contribution < 1.29 is 4.42 Å². The molecule has 0 unspecified atom stereocenters. The maximum atomic E-state index is 6.19. The molecule has 0 atom stereocenters. The van der Waals surface area contributed by atoms with Gasteiger partial charge >= 0.3 is 5.84 Å². The number of rotatable bonds is 2. The van der Waals surface area contributed by atoms with Crippen molar-refractivity contribution in [2.45, 2.75) is 0 Å². The van der Waals surface area contributed by atoms with Crippen molar-refractivity contribution in [3.8, 4) is 11.4 Å².